The molecule has 5 heteroatoms. The number of hydrogen-bond acceptors (Lipinski definition) is 3. The van der Waals surface area contributed by atoms with E-state index in [1.165, 1.54) is 11.1 Å². The molecule has 0 unspecified atom stereocenters. The molecule has 2 aliphatic rings. The Bertz CT molecular complexity index is 819. The Morgan fingerprint density at radius 3 is 2.46 bits per heavy atom. The summed E-state index contributed by atoms with van der Waals surface area (Å²) < 4.78 is 5.90. The van der Waals surface area contributed by atoms with E-state index in [0.29, 0.717) is 13.3 Å². The lowest BCUT2D eigenvalue weighted by atomic mass is 9.79. The lowest BCUT2D eigenvalue weighted by Gasteiger charge is -2.23. The molecule has 2 aromatic rings. The molecule has 0 bridgehead atoms. The van der Waals surface area contributed by atoms with Crippen LogP contribution in [0.4, 0.5) is 5.82 Å². The van der Waals surface area contributed by atoms with Crippen LogP contribution in [0.3, 0.4) is 0 Å². The van der Waals surface area contributed by atoms with Gasteiger partial charge in [0.05, 0.1) is 5.41 Å². The van der Waals surface area contributed by atoms with E-state index in [1.807, 2.05) is 6.07 Å². The average Bonchev–Trinajstić information content (AvgIpc) is 3.10. The molecular weight excluding hydrogens is 340 g/mol. The monoisotopic (exact) mass is 366 g/mol. The summed E-state index contributed by atoms with van der Waals surface area (Å²) in [5, 5.41) is 0. The van der Waals surface area contributed by atoms with Crippen molar-refractivity contribution in [3.63, 3.8) is 0 Å². The molecule has 136 valence electrons. The molecule has 0 fully saturated rings. The number of ether oxygens (including phenoxy) is 1. The third-order valence-electron chi connectivity index (χ3n) is 5.53. The van der Waals surface area contributed by atoms with E-state index in [0.717, 1.165) is 30.3 Å². The van der Waals surface area contributed by atoms with Crippen LogP contribution in [0.5, 0.6) is 0 Å². The third kappa shape index (κ3) is 2.89. The van der Waals surface area contributed by atoms with E-state index in [1.54, 1.807) is 11.1 Å². The number of carbonyl (C=O) groups excluding carboxylic acids is 1. The molecule has 4 nitrogen and oxygen atoms in total. The summed E-state index contributed by atoms with van der Waals surface area (Å²) in [5.41, 5.74) is 3.10. The molecule has 1 aromatic heterocycles. The Kier molecular flexibility index (Phi) is 4.24. The number of benzene rings is 1. The van der Waals surface area contributed by atoms with Gasteiger partial charge in [0.25, 0.3) is 0 Å². The molecule has 1 aliphatic carbocycles. The number of pyridine rings is 1. The fraction of sp³-hybridized carbons (Fsp3) is 0.429. The Labute approximate surface area is 156 Å². The van der Waals surface area contributed by atoms with Crippen molar-refractivity contribution >= 4 is 19.8 Å². The van der Waals surface area contributed by atoms with Crippen LogP contribution in [-0.4, -0.2) is 32.3 Å². The summed E-state index contributed by atoms with van der Waals surface area (Å²) >= 11 is 0. The molecule has 1 aromatic carbocycles. The molecule has 1 aliphatic heterocycles. The summed E-state index contributed by atoms with van der Waals surface area (Å²) in [6, 6.07) is 13.5. The van der Waals surface area contributed by atoms with Gasteiger partial charge < -0.3 is 4.74 Å². The van der Waals surface area contributed by atoms with Crippen molar-refractivity contribution in [2.75, 3.05) is 18.2 Å². The number of anilines is 1. The van der Waals surface area contributed by atoms with Gasteiger partial charge in [0.15, 0.2) is 0 Å². The van der Waals surface area contributed by atoms with Crippen molar-refractivity contribution in [3.05, 3.63) is 59.3 Å². The summed E-state index contributed by atoms with van der Waals surface area (Å²) in [6.45, 7) is 8.00. The van der Waals surface area contributed by atoms with E-state index in [4.69, 9.17) is 4.74 Å². The molecule has 26 heavy (non-hydrogen) atoms. The predicted molar refractivity (Wildman–Crippen MR) is 106 cm³/mol. The Morgan fingerprint density at radius 1 is 1.12 bits per heavy atom. The van der Waals surface area contributed by atoms with E-state index in [-0.39, 0.29) is 5.91 Å². The molecule has 0 atom stereocenters. The molecule has 0 radical (unpaired) electrons. The number of carbonyl (C=O) groups is 1. The molecule has 2 heterocycles. The zero-order chi connectivity index (χ0) is 18.4. The lowest BCUT2D eigenvalue weighted by Crippen LogP contribution is -2.42. The van der Waals surface area contributed by atoms with Gasteiger partial charge in [-0.25, -0.2) is 4.98 Å². The second-order valence-corrected chi connectivity index (χ2v) is 14.3. The molecule has 1 spiro atoms. The lowest BCUT2D eigenvalue weighted by molar-refractivity contribution is -0.124. The Balaban J connectivity index is 1.59. The SMILES string of the molecule is C[Si](C)(C)CCOCN1C(=O)C2(Cc3ccccc3C2)c2cccnc21. The maximum Gasteiger partial charge on any atom is 0.241 e. The van der Waals surface area contributed by atoms with Crippen LogP contribution in [0.1, 0.15) is 16.7 Å². The zero-order valence-corrected chi connectivity index (χ0v) is 16.8. The number of hydrogen-bond donors (Lipinski definition) is 0. The molecule has 0 N–H and O–H groups in total. The Hall–Kier alpha value is -1.98. The van der Waals surface area contributed by atoms with Gasteiger partial charge in [0, 0.05) is 26.4 Å². The van der Waals surface area contributed by atoms with Crippen LogP contribution in [0, 0.1) is 0 Å². The smallest absolute Gasteiger partial charge is 0.241 e. The van der Waals surface area contributed by atoms with Crippen molar-refractivity contribution in [1.82, 2.24) is 4.98 Å². The summed E-state index contributed by atoms with van der Waals surface area (Å²) in [6.07, 6.45) is 3.28. The van der Waals surface area contributed by atoms with E-state index in [9.17, 15) is 4.79 Å². The van der Waals surface area contributed by atoms with Gasteiger partial charge in [-0.15, -0.1) is 0 Å². The predicted octanol–water partition coefficient (Wildman–Crippen LogP) is 3.78. The molecular formula is C21H26N2O2Si. The third-order valence-corrected chi connectivity index (χ3v) is 7.24. The first-order chi connectivity index (χ1) is 12.4. The van der Waals surface area contributed by atoms with E-state index >= 15 is 0 Å². The van der Waals surface area contributed by atoms with Crippen LogP contribution in [0.2, 0.25) is 25.7 Å². The van der Waals surface area contributed by atoms with Crippen molar-refractivity contribution in [2.24, 2.45) is 0 Å². The van der Waals surface area contributed by atoms with Gasteiger partial charge >= 0.3 is 0 Å². The highest BCUT2D eigenvalue weighted by atomic mass is 28.3. The fourth-order valence-electron chi connectivity index (χ4n) is 4.07. The minimum atomic E-state index is -1.14. The summed E-state index contributed by atoms with van der Waals surface area (Å²) in [4.78, 5) is 19.8. The normalized spacial score (nSPS) is 17.7. The molecule has 1 amide bonds. The van der Waals surface area contributed by atoms with E-state index in [2.05, 4.69) is 55.0 Å². The van der Waals surface area contributed by atoms with Crippen LogP contribution >= 0.6 is 0 Å². The highest BCUT2D eigenvalue weighted by Crippen LogP contribution is 2.48. The fourth-order valence-corrected chi connectivity index (χ4v) is 4.82. The minimum Gasteiger partial charge on any atom is -0.361 e. The van der Waals surface area contributed by atoms with E-state index < -0.39 is 13.5 Å². The largest absolute Gasteiger partial charge is 0.361 e. The topological polar surface area (TPSA) is 42.4 Å². The first-order valence-electron chi connectivity index (χ1n) is 9.33. The second-order valence-electron chi connectivity index (χ2n) is 8.66. The van der Waals surface area contributed by atoms with Gasteiger partial charge in [-0.2, -0.15) is 0 Å². The van der Waals surface area contributed by atoms with Crippen molar-refractivity contribution < 1.29 is 9.53 Å². The maximum absolute atomic E-state index is 13.5. The number of rotatable bonds is 5. The number of nitrogens with zero attached hydrogens (tertiary/aromatic N) is 2. The number of fused-ring (bicyclic) bond motifs is 3. The minimum absolute atomic E-state index is 0.135. The first-order valence-corrected chi connectivity index (χ1v) is 13.0. The zero-order valence-electron chi connectivity index (χ0n) is 15.8. The van der Waals surface area contributed by atoms with Crippen LogP contribution in [0.25, 0.3) is 0 Å². The van der Waals surface area contributed by atoms with Gasteiger partial charge in [-0.05, 0) is 36.1 Å². The molecule has 4 rings (SSSR count). The van der Waals surface area contributed by atoms with Gasteiger partial charge in [-0.3, -0.25) is 9.69 Å². The number of amides is 1. The van der Waals surface area contributed by atoms with Crippen LogP contribution in [0.15, 0.2) is 42.6 Å². The number of aromatic nitrogens is 1. The molecule has 0 saturated heterocycles. The van der Waals surface area contributed by atoms with Gasteiger partial charge in [-0.1, -0.05) is 50.0 Å². The first kappa shape index (κ1) is 17.4. The maximum atomic E-state index is 13.5. The summed E-state index contributed by atoms with van der Waals surface area (Å²) in [5.74, 6) is 0.911. The van der Waals surface area contributed by atoms with Crippen molar-refractivity contribution in [2.45, 2.75) is 43.9 Å². The highest BCUT2D eigenvalue weighted by molar-refractivity contribution is 6.76. The average molecular weight is 367 g/mol. The Morgan fingerprint density at radius 2 is 1.81 bits per heavy atom. The summed E-state index contributed by atoms with van der Waals surface area (Å²) in [7, 11) is -1.14. The van der Waals surface area contributed by atoms with Crippen LogP contribution < -0.4 is 4.90 Å². The molecule has 0 saturated carbocycles. The standard InChI is InChI=1S/C21H26N2O2Si/c1-26(2,3)12-11-25-15-23-19-18(9-6-10-22-19)21(20(23)24)13-16-7-4-5-8-17(16)14-21/h4-10H,11-15H2,1-3H3. The van der Waals surface area contributed by atoms with Crippen molar-refractivity contribution in [3.8, 4) is 0 Å². The second kappa shape index (κ2) is 6.32. The van der Waals surface area contributed by atoms with Crippen LogP contribution in [-0.2, 0) is 27.8 Å². The van der Waals surface area contributed by atoms with Crippen molar-refractivity contribution in [1.29, 1.82) is 0 Å². The highest BCUT2D eigenvalue weighted by Gasteiger charge is 2.54. The van der Waals surface area contributed by atoms with Gasteiger partial charge in [0.1, 0.15) is 12.5 Å². The quantitative estimate of drug-likeness (QED) is 0.597. The van der Waals surface area contributed by atoms with Gasteiger partial charge in [0.2, 0.25) is 5.91 Å².